The van der Waals surface area contributed by atoms with Crippen LogP contribution in [0.5, 0.6) is 0 Å². The Kier molecular flexibility index (Phi) is 4.95. The van der Waals surface area contributed by atoms with Crippen LogP contribution in [0.1, 0.15) is 68.9 Å². The average Bonchev–Trinajstić information content (AvgIpc) is 2.54. The zero-order valence-electron chi connectivity index (χ0n) is 13.0. The van der Waals surface area contributed by atoms with Gasteiger partial charge in [0.05, 0.1) is 0 Å². The van der Waals surface area contributed by atoms with Gasteiger partial charge in [-0.2, -0.15) is 0 Å². The van der Waals surface area contributed by atoms with Gasteiger partial charge in [-0.15, -0.1) is 0 Å². The molecule has 0 aromatic heterocycles. The zero-order valence-corrected chi connectivity index (χ0v) is 13.0. The lowest BCUT2D eigenvalue weighted by Gasteiger charge is -2.22. The van der Waals surface area contributed by atoms with Gasteiger partial charge in [-0.1, -0.05) is 44.2 Å². The molecule has 1 amide bonds. The third kappa shape index (κ3) is 3.87. The summed E-state index contributed by atoms with van der Waals surface area (Å²) in [7, 11) is 0. The number of fused-ring (bicyclic) bond motifs is 1. The molecule has 1 aromatic carbocycles. The Bertz CT molecular complexity index is 488. The molecular weight excluding hydrogens is 258 g/mol. The quantitative estimate of drug-likeness (QED) is 0.840. The maximum Gasteiger partial charge on any atom is 0.224 e. The van der Waals surface area contributed by atoms with Gasteiger partial charge in [-0.05, 0) is 55.2 Å². The topological polar surface area (TPSA) is 29.1 Å². The number of aryl methyl sites for hydroxylation is 1. The van der Waals surface area contributed by atoms with Crippen molar-refractivity contribution in [2.24, 2.45) is 5.92 Å². The molecule has 0 unspecified atom stereocenters. The molecule has 0 radical (unpaired) electrons. The van der Waals surface area contributed by atoms with Crippen LogP contribution in [0.15, 0.2) is 18.2 Å². The SMILES string of the molecule is O=C(CCC1CCCCC1)Nc1cccc2c1CCCC2. The van der Waals surface area contributed by atoms with Gasteiger partial charge in [0.2, 0.25) is 5.91 Å². The monoisotopic (exact) mass is 285 g/mol. The third-order valence-electron chi connectivity index (χ3n) is 5.17. The van der Waals surface area contributed by atoms with E-state index in [1.807, 2.05) is 0 Å². The van der Waals surface area contributed by atoms with Crippen LogP contribution in [0, 0.1) is 5.92 Å². The summed E-state index contributed by atoms with van der Waals surface area (Å²) in [6.07, 6.45) is 13.3. The Hall–Kier alpha value is -1.31. The highest BCUT2D eigenvalue weighted by Crippen LogP contribution is 2.29. The van der Waals surface area contributed by atoms with E-state index < -0.39 is 0 Å². The minimum absolute atomic E-state index is 0.208. The van der Waals surface area contributed by atoms with Crippen molar-refractivity contribution in [2.75, 3.05) is 5.32 Å². The van der Waals surface area contributed by atoms with E-state index in [2.05, 4.69) is 23.5 Å². The van der Waals surface area contributed by atoms with E-state index in [-0.39, 0.29) is 5.91 Å². The summed E-state index contributed by atoms with van der Waals surface area (Å²) < 4.78 is 0. The van der Waals surface area contributed by atoms with E-state index in [9.17, 15) is 4.79 Å². The molecule has 21 heavy (non-hydrogen) atoms. The van der Waals surface area contributed by atoms with Crippen LogP contribution in [-0.2, 0) is 17.6 Å². The first-order valence-electron chi connectivity index (χ1n) is 8.73. The summed E-state index contributed by atoms with van der Waals surface area (Å²) in [6, 6.07) is 6.37. The van der Waals surface area contributed by atoms with Gasteiger partial charge in [-0.3, -0.25) is 4.79 Å². The van der Waals surface area contributed by atoms with E-state index in [4.69, 9.17) is 0 Å². The first-order chi connectivity index (χ1) is 10.3. The number of benzene rings is 1. The van der Waals surface area contributed by atoms with Crippen LogP contribution in [0.25, 0.3) is 0 Å². The van der Waals surface area contributed by atoms with E-state index in [0.717, 1.165) is 24.4 Å². The number of carbonyl (C=O) groups excluding carboxylic acids is 1. The first-order valence-corrected chi connectivity index (χ1v) is 8.73. The van der Waals surface area contributed by atoms with E-state index >= 15 is 0 Å². The molecular formula is C19H27NO. The number of carbonyl (C=O) groups is 1. The summed E-state index contributed by atoms with van der Waals surface area (Å²) in [5.41, 5.74) is 3.89. The van der Waals surface area contributed by atoms with Crippen molar-refractivity contribution in [3.63, 3.8) is 0 Å². The molecule has 2 nitrogen and oxygen atoms in total. The average molecular weight is 285 g/mol. The van der Waals surface area contributed by atoms with Gasteiger partial charge in [-0.25, -0.2) is 0 Å². The predicted octanol–water partition coefficient (Wildman–Crippen LogP) is 4.86. The Morgan fingerprint density at radius 2 is 1.86 bits per heavy atom. The smallest absolute Gasteiger partial charge is 0.224 e. The molecule has 2 heteroatoms. The van der Waals surface area contributed by atoms with Gasteiger partial charge in [0.15, 0.2) is 0 Å². The van der Waals surface area contributed by atoms with Crippen molar-refractivity contribution in [2.45, 2.75) is 70.6 Å². The number of nitrogens with one attached hydrogen (secondary N) is 1. The molecule has 1 fully saturated rings. The van der Waals surface area contributed by atoms with Crippen LogP contribution >= 0.6 is 0 Å². The molecule has 0 atom stereocenters. The summed E-state index contributed by atoms with van der Waals surface area (Å²) in [4.78, 5) is 12.2. The highest BCUT2D eigenvalue weighted by Gasteiger charge is 2.17. The fraction of sp³-hybridized carbons (Fsp3) is 0.632. The molecule has 0 spiro atoms. The predicted molar refractivity (Wildman–Crippen MR) is 87.5 cm³/mol. The second-order valence-electron chi connectivity index (χ2n) is 6.74. The molecule has 2 aliphatic carbocycles. The minimum atomic E-state index is 0.208. The molecule has 0 heterocycles. The van der Waals surface area contributed by atoms with Crippen molar-refractivity contribution in [1.29, 1.82) is 0 Å². The summed E-state index contributed by atoms with van der Waals surface area (Å²) in [5.74, 6) is 0.994. The molecule has 0 saturated heterocycles. The summed E-state index contributed by atoms with van der Waals surface area (Å²) >= 11 is 0. The van der Waals surface area contributed by atoms with Crippen LogP contribution in [0.3, 0.4) is 0 Å². The first kappa shape index (κ1) is 14.6. The lowest BCUT2D eigenvalue weighted by atomic mass is 9.86. The van der Waals surface area contributed by atoms with Crippen molar-refractivity contribution >= 4 is 11.6 Å². The molecule has 1 saturated carbocycles. The number of anilines is 1. The van der Waals surface area contributed by atoms with Crippen LogP contribution in [-0.4, -0.2) is 5.91 Å². The fourth-order valence-corrected chi connectivity index (χ4v) is 3.92. The maximum absolute atomic E-state index is 12.2. The van der Waals surface area contributed by atoms with Crippen LogP contribution in [0.2, 0.25) is 0 Å². The number of amides is 1. The molecule has 2 aliphatic rings. The van der Waals surface area contributed by atoms with Crippen LogP contribution in [0.4, 0.5) is 5.69 Å². The third-order valence-corrected chi connectivity index (χ3v) is 5.17. The Morgan fingerprint density at radius 3 is 2.71 bits per heavy atom. The Labute approximate surface area is 128 Å². The van der Waals surface area contributed by atoms with Crippen molar-refractivity contribution in [3.05, 3.63) is 29.3 Å². The molecule has 1 aromatic rings. The highest BCUT2D eigenvalue weighted by molar-refractivity contribution is 5.91. The minimum Gasteiger partial charge on any atom is -0.326 e. The molecule has 1 N–H and O–H groups in total. The van der Waals surface area contributed by atoms with Crippen molar-refractivity contribution in [3.8, 4) is 0 Å². The standard InChI is InChI=1S/C19H27NO/c21-19(14-13-15-7-2-1-3-8-15)20-18-12-6-10-16-9-4-5-11-17(16)18/h6,10,12,15H,1-5,7-9,11,13-14H2,(H,20,21). The molecule has 3 rings (SSSR count). The molecule has 0 bridgehead atoms. The summed E-state index contributed by atoms with van der Waals surface area (Å²) in [6.45, 7) is 0. The second kappa shape index (κ2) is 7.11. The van der Waals surface area contributed by atoms with Crippen molar-refractivity contribution < 1.29 is 4.79 Å². The van der Waals surface area contributed by atoms with Gasteiger partial charge in [0.25, 0.3) is 0 Å². The normalized spacial score (nSPS) is 19.0. The highest BCUT2D eigenvalue weighted by atomic mass is 16.1. The Morgan fingerprint density at radius 1 is 1.05 bits per heavy atom. The fourth-order valence-electron chi connectivity index (χ4n) is 3.92. The van der Waals surface area contributed by atoms with Crippen LogP contribution < -0.4 is 5.32 Å². The molecule has 0 aliphatic heterocycles. The summed E-state index contributed by atoms with van der Waals surface area (Å²) in [5, 5.41) is 3.17. The lowest BCUT2D eigenvalue weighted by Crippen LogP contribution is -2.17. The van der Waals surface area contributed by atoms with E-state index in [0.29, 0.717) is 6.42 Å². The molecule has 114 valence electrons. The maximum atomic E-state index is 12.2. The van der Waals surface area contributed by atoms with E-state index in [1.165, 1.54) is 62.5 Å². The van der Waals surface area contributed by atoms with Gasteiger partial charge < -0.3 is 5.32 Å². The Balaban J connectivity index is 1.55. The number of hydrogen-bond acceptors (Lipinski definition) is 1. The van der Waals surface area contributed by atoms with Gasteiger partial charge in [0.1, 0.15) is 0 Å². The van der Waals surface area contributed by atoms with E-state index in [1.54, 1.807) is 0 Å². The number of hydrogen-bond donors (Lipinski definition) is 1. The number of rotatable bonds is 4. The van der Waals surface area contributed by atoms with Gasteiger partial charge in [0, 0.05) is 12.1 Å². The second-order valence-corrected chi connectivity index (χ2v) is 6.74. The lowest BCUT2D eigenvalue weighted by molar-refractivity contribution is -0.116. The van der Waals surface area contributed by atoms with Crippen molar-refractivity contribution in [1.82, 2.24) is 0 Å². The van der Waals surface area contributed by atoms with Gasteiger partial charge >= 0.3 is 0 Å². The largest absolute Gasteiger partial charge is 0.326 e. The zero-order chi connectivity index (χ0) is 14.5.